The van der Waals surface area contributed by atoms with E-state index < -0.39 is 0 Å². The Hall–Kier alpha value is -2.14. The van der Waals surface area contributed by atoms with Crippen LogP contribution in [-0.4, -0.2) is 22.0 Å². The summed E-state index contributed by atoms with van der Waals surface area (Å²) in [5.41, 5.74) is 0.490. The first-order valence-electron chi connectivity index (χ1n) is 6.11. The molecule has 0 saturated carbocycles. The number of ether oxygens (including phenoxy) is 1. The first kappa shape index (κ1) is 14.3. The maximum atomic E-state index is 12.0. The highest BCUT2D eigenvalue weighted by Gasteiger charge is 2.08. The molecule has 2 aromatic rings. The largest absolute Gasteiger partial charge is 0.491 e. The van der Waals surface area contributed by atoms with Crippen LogP contribution in [0.15, 0.2) is 36.5 Å². The molecule has 1 aromatic heterocycles. The number of halogens is 1. The van der Waals surface area contributed by atoms with Crippen molar-refractivity contribution < 1.29 is 9.53 Å². The second-order valence-corrected chi connectivity index (χ2v) is 4.74. The van der Waals surface area contributed by atoms with E-state index in [2.05, 4.69) is 15.3 Å². The van der Waals surface area contributed by atoms with E-state index in [-0.39, 0.29) is 23.1 Å². The maximum absolute atomic E-state index is 12.0. The molecule has 0 saturated heterocycles. The molecule has 0 bridgehead atoms. The normalized spacial score (nSPS) is 10.4. The van der Waals surface area contributed by atoms with Crippen molar-refractivity contribution in [2.24, 2.45) is 0 Å². The first-order valence-corrected chi connectivity index (χ1v) is 6.49. The van der Waals surface area contributed by atoms with Crippen molar-refractivity contribution >= 4 is 23.5 Å². The number of hydrogen-bond acceptors (Lipinski definition) is 4. The van der Waals surface area contributed by atoms with Gasteiger partial charge in [-0.3, -0.25) is 10.1 Å². The summed E-state index contributed by atoms with van der Waals surface area (Å²) < 4.78 is 5.51. The van der Waals surface area contributed by atoms with Crippen molar-refractivity contribution in [1.82, 2.24) is 9.97 Å². The highest BCUT2D eigenvalue weighted by atomic mass is 35.5. The summed E-state index contributed by atoms with van der Waals surface area (Å²) in [6, 6.07) is 8.38. The zero-order valence-corrected chi connectivity index (χ0v) is 11.9. The Morgan fingerprint density at radius 3 is 2.55 bits per heavy atom. The number of aromatic nitrogens is 2. The number of carbonyl (C=O) groups excluding carboxylic acids is 1. The van der Waals surface area contributed by atoms with E-state index >= 15 is 0 Å². The highest BCUT2D eigenvalue weighted by Crippen LogP contribution is 2.15. The fraction of sp³-hybridized carbons (Fsp3) is 0.214. The topological polar surface area (TPSA) is 64.1 Å². The molecule has 0 fully saturated rings. The third-order valence-corrected chi connectivity index (χ3v) is 2.55. The van der Waals surface area contributed by atoms with Crippen molar-refractivity contribution in [1.29, 1.82) is 0 Å². The molecule has 0 atom stereocenters. The van der Waals surface area contributed by atoms with E-state index in [0.29, 0.717) is 5.56 Å². The third kappa shape index (κ3) is 3.93. The van der Waals surface area contributed by atoms with Crippen LogP contribution in [0.1, 0.15) is 24.2 Å². The standard InChI is InChI=1S/C14H14ClN3O2/c1-9(2)20-11-5-3-10(4-6-11)13(19)18-14-16-8-7-12(15)17-14/h3-9H,1-2H3,(H,16,17,18,19). The van der Waals surface area contributed by atoms with Gasteiger partial charge in [-0.25, -0.2) is 9.97 Å². The van der Waals surface area contributed by atoms with E-state index in [4.69, 9.17) is 16.3 Å². The van der Waals surface area contributed by atoms with Gasteiger partial charge in [0.25, 0.3) is 5.91 Å². The molecule has 0 aliphatic rings. The highest BCUT2D eigenvalue weighted by molar-refractivity contribution is 6.29. The Bertz CT molecular complexity index is 600. The van der Waals surface area contributed by atoms with Gasteiger partial charge in [-0.2, -0.15) is 0 Å². The Morgan fingerprint density at radius 2 is 1.95 bits per heavy atom. The van der Waals surface area contributed by atoms with Gasteiger partial charge in [-0.1, -0.05) is 11.6 Å². The Labute approximate surface area is 122 Å². The van der Waals surface area contributed by atoms with Crippen LogP contribution in [0.4, 0.5) is 5.95 Å². The summed E-state index contributed by atoms with van der Waals surface area (Å²) in [6.45, 7) is 3.88. The van der Waals surface area contributed by atoms with Gasteiger partial charge >= 0.3 is 0 Å². The van der Waals surface area contributed by atoms with Gasteiger partial charge in [0.1, 0.15) is 10.9 Å². The van der Waals surface area contributed by atoms with E-state index in [1.165, 1.54) is 12.3 Å². The average molecular weight is 292 g/mol. The van der Waals surface area contributed by atoms with Gasteiger partial charge in [0.2, 0.25) is 5.95 Å². The van der Waals surface area contributed by atoms with Crippen molar-refractivity contribution in [2.45, 2.75) is 20.0 Å². The van der Waals surface area contributed by atoms with Crippen LogP contribution in [0.3, 0.4) is 0 Å². The number of anilines is 1. The maximum Gasteiger partial charge on any atom is 0.258 e. The lowest BCUT2D eigenvalue weighted by molar-refractivity contribution is 0.102. The number of nitrogens with zero attached hydrogens (tertiary/aromatic N) is 2. The van der Waals surface area contributed by atoms with Crippen molar-refractivity contribution in [3.05, 3.63) is 47.2 Å². The van der Waals surface area contributed by atoms with E-state index in [9.17, 15) is 4.79 Å². The van der Waals surface area contributed by atoms with Crippen LogP contribution in [0.2, 0.25) is 5.15 Å². The SMILES string of the molecule is CC(C)Oc1ccc(C(=O)Nc2nccc(Cl)n2)cc1. The Kier molecular flexibility index (Phi) is 4.53. The lowest BCUT2D eigenvalue weighted by atomic mass is 10.2. The summed E-state index contributed by atoms with van der Waals surface area (Å²) in [5.74, 6) is 0.587. The molecule has 1 heterocycles. The summed E-state index contributed by atoms with van der Waals surface area (Å²) in [5, 5.41) is 2.85. The van der Waals surface area contributed by atoms with E-state index in [1.54, 1.807) is 24.3 Å². The minimum atomic E-state index is -0.302. The molecule has 20 heavy (non-hydrogen) atoms. The van der Waals surface area contributed by atoms with Crippen LogP contribution >= 0.6 is 11.6 Å². The minimum absolute atomic E-state index is 0.0922. The molecular formula is C14H14ClN3O2. The van der Waals surface area contributed by atoms with Gasteiger partial charge in [0.15, 0.2) is 0 Å². The lowest BCUT2D eigenvalue weighted by Crippen LogP contribution is -2.14. The van der Waals surface area contributed by atoms with Gasteiger partial charge in [-0.15, -0.1) is 0 Å². The number of carbonyl (C=O) groups is 1. The molecule has 104 valence electrons. The number of rotatable bonds is 4. The second-order valence-electron chi connectivity index (χ2n) is 4.35. The zero-order chi connectivity index (χ0) is 14.5. The zero-order valence-electron chi connectivity index (χ0n) is 11.1. The Morgan fingerprint density at radius 1 is 1.25 bits per heavy atom. The van der Waals surface area contributed by atoms with Gasteiger partial charge < -0.3 is 4.74 Å². The van der Waals surface area contributed by atoms with Crippen LogP contribution in [0.5, 0.6) is 5.75 Å². The van der Waals surface area contributed by atoms with Crippen molar-refractivity contribution in [3.63, 3.8) is 0 Å². The molecule has 0 spiro atoms. The summed E-state index contributed by atoms with van der Waals surface area (Å²) >= 11 is 5.72. The molecule has 0 radical (unpaired) electrons. The number of amides is 1. The molecular weight excluding hydrogens is 278 g/mol. The van der Waals surface area contributed by atoms with E-state index in [1.807, 2.05) is 13.8 Å². The molecule has 6 heteroatoms. The molecule has 1 amide bonds. The van der Waals surface area contributed by atoms with Crippen molar-refractivity contribution in [3.8, 4) is 5.75 Å². The van der Waals surface area contributed by atoms with Gasteiger partial charge in [0.05, 0.1) is 6.10 Å². The number of benzene rings is 1. The second kappa shape index (κ2) is 6.34. The van der Waals surface area contributed by atoms with Crippen LogP contribution < -0.4 is 10.1 Å². The van der Waals surface area contributed by atoms with Crippen LogP contribution in [0, 0.1) is 0 Å². The third-order valence-electron chi connectivity index (χ3n) is 2.34. The fourth-order valence-electron chi connectivity index (χ4n) is 1.53. The predicted molar refractivity (Wildman–Crippen MR) is 77.2 cm³/mol. The lowest BCUT2D eigenvalue weighted by Gasteiger charge is -2.10. The summed E-state index contributed by atoms with van der Waals surface area (Å²) in [6.07, 6.45) is 1.57. The molecule has 2 rings (SSSR count). The molecule has 0 unspecified atom stereocenters. The number of hydrogen-bond donors (Lipinski definition) is 1. The van der Waals surface area contributed by atoms with Crippen molar-refractivity contribution in [2.75, 3.05) is 5.32 Å². The predicted octanol–water partition coefficient (Wildman–Crippen LogP) is 3.17. The van der Waals surface area contributed by atoms with E-state index in [0.717, 1.165) is 5.75 Å². The van der Waals surface area contributed by atoms with Gasteiger partial charge in [-0.05, 0) is 44.2 Å². The first-order chi connectivity index (χ1) is 9.54. The molecule has 5 nitrogen and oxygen atoms in total. The summed E-state index contributed by atoms with van der Waals surface area (Å²) in [4.78, 5) is 19.8. The smallest absolute Gasteiger partial charge is 0.258 e. The molecule has 0 aliphatic carbocycles. The average Bonchev–Trinajstić information content (AvgIpc) is 2.38. The minimum Gasteiger partial charge on any atom is -0.491 e. The summed E-state index contributed by atoms with van der Waals surface area (Å²) in [7, 11) is 0. The fourth-order valence-corrected chi connectivity index (χ4v) is 1.66. The van der Waals surface area contributed by atoms with Crippen LogP contribution in [0.25, 0.3) is 0 Å². The quantitative estimate of drug-likeness (QED) is 0.879. The molecule has 0 aliphatic heterocycles. The van der Waals surface area contributed by atoms with Gasteiger partial charge in [0, 0.05) is 11.8 Å². The monoisotopic (exact) mass is 291 g/mol. The molecule has 1 N–H and O–H groups in total. The Balaban J connectivity index is 2.06. The number of nitrogens with one attached hydrogen (secondary N) is 1. The molecule has 1 aromatic carbocycles. The van der Waals surface area contributed by atoms with Crippen LogP contribution in [-0.2, 0) is 0 Å².